The van der Waals surface area contributed by atoms with Crippen LogP contribution in [0.3, 0.4) is 0 Å². The van der Waals surface area contributed by atoms with Crippen molar-refractivity contribution in [2.24, 2.45) is 11.7 Å². The molecule has 2 N–H and O–H groups in total. The molecule has 3 nitrogen and oxygen atoms in total. The van der Waals surface area contributed by atoms with E-state index in [0.717, 1.165) is 12.0 Å². The lowest BCUT2D eigenvalue weighted by Gasteiger charge is -2.26. The fraction of sp³-hybridized carbons (Fsp3) is 0.588. The number of amides is 1. The number of nitrogens with zero attached hydrogens (tertiary/aromatic N) is 1. The molecule has 0 radical (unpaired) electrons. The molecule has 3 heteroatoms. The maximum atomic E-state index is 12.3. The Hall–Kier alpha value is -1.35. The molecule has 0 aliphatic heterocycles. The van der Waals surface area contributed by atoms with Crippen molar-refractivity contribution in [1.82, 2.24) is 4.90 Å². The molecular formula is C17H26N2O. The minimum atomic E-state index is -0.341. The first-order valence-corrected chi connectivity index (χ1v) is 7.71. The summed E-state index contributed by atoms with van der Waals surface area (Å²) in [4.78, 5) is 14.1. The lowest BCUT2D eigenvalue weighted by Crippen LogP contribution is -2.42. The highest BCUT2D eigenvalue weighted by atomic mass is 16.2. The first-order chi connectivity index (χ1) is 9.66. The lowest BCUT2D eigenvalue weighted by atomic mass is 9.85. The van der Waals surface area contributed by atoms with Gasteiger partial charge in [0.2, 0.25) is 5.91 Å². The molecule has 0 saturated heterocycles. The predicted octanol–water partition coefficient (Wildman–Crippen LogP) is 2.94. The van der Waals surface area contributed by atoms with E-state index in [9.17, 15) is 4.79 Å². The monoisotopic (exact) mass is 274 g/mol. The number of rotatable bonds is 5. The molecule has 1 aromatic rings. The van der Waals surface area contributed by atoms with Gasteiger partial charge < -0.3 is 10.6 Å². The van der Waals surface area contributed by atoms with Gasteiger partial charge in [-0.05, 0) is 17.9 Å². The van der Waals surface area contributed by atoms with E-state index in [1.54, 1.807) is 4.90 Å². The second-order valence-corrected chi connectivity index (χ2v) is 6.03. The summed E-state index contributed by atoms with van der Waals surface area (Å²) < 4.78 is 0. The Bertz CT molecular complexity index is 412. The average Bonchev–Trinajstić information content (AvgIpc) is 2.48. The minimum Gasteiger partial charge on any atom is -0.340 e. The highest BCUT2D eigenvalue weighted by molar-refractivity contribution is 5.81. The highest BCUT2D eigenvalue weighted by Crippen LogP contribution is 2.27. The van der Waals surface area contributed by atoms with Gasteiger partial charge in [-0.15, -0.1) is 0 Å². The van der Waals surface area contributed by atoms with Crippen LogP contribution in [0.1, 0.15) is 44.1 Å². The summed E-state index contributed by atoms with van der Waals surface area (Å²) >= 11 is 0. The lowest BCUT2D eigenvalue weighted by molar-refractivity contribution is -0.132. The van der Waals surface area contributed by atoms with Crippen LogP contribution >= 0.6 is 0 Å². The molecule has 1 saturated carbocycles. The quantitative estimate of drug-likeness (QED) is 0.897. The molecule has 1 amide bonds. The zero-order chi connectivity index (χ0) is 14.4. The average molecular weight is 274 g/mol. The molecule has 0 heterocycles. The topological polar surface area (TPSA) is 46.3 Å². The van der Waals surface area contributed by atoms with Crippen molar-refractivity contribution in [3.05, 3.63) is 35.9 Å². The summed E-state index contributed by atoms with van der Waals surface area (Å²) in [6.45, 7) is 0.637. The van der Waals surface area contributed by atoms with Crippen LogP contribution in [0.25, 0.3) is 0 Å². The Morgan fingerprint density at radius 2 is 1.90 bits per heavy atom. The summed E-state index contributed by atoms with van der Waals surface area (Å²) in [5, 5.41) is 0. The molecule has 110 valence electrons. The minimum absolute atomic E-state index is 0.0689. The molecule has 1 unspecified atom stereocenters. The van der Waals surface area contributed by atoms with Crippen molar-refractivity contribution in [3.63, 3.8) is 0 Å². The Morgan fingerprint density at radius 3 is 2.55 bits per heavy atom. The molecule has 20 heavy (non-hydrogen) atoms. The van der Waals surface area contributed by atoms with E-state index in [1.165, 1.54) is 32.1 Å². The van der Waals surface area contributed by atoms with Crippen molar-refractivity contribution in [2.45, 2.75) is 51.1 Å². The normalized spacial score (nSPS) is 17.7. The van der Waals surface area contributed by atoms with E-state index in [2.05, 4.69) is 0 Å². The molecule has 1 atom stereocenters. The molecule has 0 aromatic heterocycles. The molecule has 1 aliphatic carbocycles. The van der Waals surface area contributed by atoms with Gasteiger partial charge in [0.15, 0.2) is 0 Å². The van der Waals surface area contributed by atoms with E-state index in [0.29, 0.717) is 12.5 Å². The highest BCUT2D eigenvalue weighted by Gasteiger charge is 2.23. The Labute approximate surface area is 122 Å². The van der Waals surface area contributed by atoms with E-state index in [-0.39, 0.29) is 11.9 Å². The third kappa shape index (κ3) is 4.34. The zero-order valence-corrected chi connectivity index (χ0v) is 12.4. The van der Waals surface area contributed by atoms with E-state index < -0.39 is 0 Å². The predicted molar refractivity (Wildman–Crippen MR) is 82.1 cm³/mol. The third-order valence-electron chi connectivity index (χ3n) is 4.27. The molecule has 0 bridgehead atoms. The number of nitrogens with two attached hydrogens (primary N) is 1. The molecule has 1 fully saturated rings. The van der Waals surface area contributed by atoms with Gasteiger partial charge in [0.1, 0.15) is 0 Å². The summed E-state index contributed by atoms with van der Waals surface area (Å²) in [5.41, 5.74) is 7.26. The van der Waals surface area contributed by atoms with Crippen LogP contribution in [-0.2, 0) is 11.3 Å². The van der Waals surface area contributed by atoms with Gasteiger partial charge in [-0.3, -0.25) is 4.79 Å². The Kier molecular flexibility index (Phi) is 5.60. The maximum absolute atomic E-state index is 12.3. The van der Waals surface area contributed by atoms with Crippen molar-refractivity contribution in [3.8, 4) is 0 Å². The van der Waals surface area contributed by atoms with Gasteiger partial charge in [0, 0.05) is 13.6 Å². The van der Waals surface area contributed by atoms with E-state index >= 15 is 0 Å². The number of carbonyl (C=O) groups excluding carboxylic acids is 1. The second kappa shape index (κ2) is 7.44. The largest absolute Gasteiger partial charge is 0.340 e. The summed E-state index contributed by atoms with van der Waals surface area (Å²) in [7, 11) is 1.84. The number of carbonyl (C=O) groups is 1. The first kappa shape index (κ1) is 15.0. The van der Waals surface area contributed by atoms with Gasteiger partial charge in [-0.25, -0.2) is 0 Å². The molecule has 0 spiro atoms. The Morgan fingerprint density at radius 1 is 1.25 bits per heavy atom. The van der Waals surface area contributed by atoms with Gasteiger partial charge in [0.05, 0.1) is 6.04 Å². The fourth-order valence-electron chi connectivity index (χ4n) is 3.10. The standard InChI is InChI=1S/C17H26N2O/c1-19(13-15-10-6-3-7-11-15)17(20)16(18)12-14-8-4-2-5-9-14/h3,6-7,10-11,14,16H,2,4-5,8-9,12-13,18H2,1H3. The van der Waals surface area contributed by atoms with Gasteiger partial charge in [-0.2, -0.15) is 0 Å². The molecular weight excluding hydrogens is 248 g/mol. The van der Waals surface area contributed by atoms with Crippen LogP contribution in [0.15, 0.2) is 30.3 Å². The maximum Gasteiger partial charge on any atom is 0.239 e. The number of benzene rings is 1. The summed E-state index contributed by atoms with van der Waals surface area (Å²) in [5.74, 6) is 0.715. The van der Waals surface area contributed by atoms with Crippen LogP contribution in [0.5, 0.6) is 0 Å². The van der Waals surface area contributed by atoms with Crippen molar-refractivity contribution >= 4 is 5.91 Å². The van der Waals surface area contributed by atoms with E-state index in [4.69, 9.17) is 5.73 Å². The number of hydrogen-bond donors (Lipinski definition) is 1. The summed E-state index contributed by atoms with van der Waals surface area (Å²) in [6.07, 6.45) is 7.26. The third-order valence-corrected chi connectivity index (χ3v) is 4.27. The summed E-state index contributed by atoms with van der Waals surface area (Å²) in [6, 6.07) is 9.71. The van der Waals surface area contributed by atoms with E-state index in [1.807, 2.05) is 37.4 Å². The smallest absolute Gasteiger partial charge is 0.239 e. The second-order valence-electron chi connectivity index (χ2n) is 6.03. The van der Waals surface area contributed by atoms with Crippen LogP contribution in [0.4, 0.5) is 0 Å². The molecule has 2 rings (SSSR count). The van der Waals surface area contributed by atoms with Gasteiger partial charge >= 0.3 is 0 Å². The molecule has 1 aliphatic rings. The van der Waals surface area contributed by atoms with Crippen LogP contribution in [0.2, 0.25) is 0 Å². The van der Waals surface area contributed by atoms with Crippen molar-refractivity contribution < 1.29 is 4.79 Å². The van der Waals surface area contributed by atoms with Crippen LogP contribution < -0.4 is 5.73 Å². The molecule has 1 aromatic carbocycles. The van der Waals surface area contributed by atoms with Crippen LogP contribution in [-0.4, -0.2) is 23.9 Å². The SMILES string of the molecule is CN(Cc1ccccc1)C(=O)C(N)CC1CCCCC1. The van der Waals surface area contributed by atoms with Gasteiger partial charge in [0.25, 0.3) is 0 Å². The first-order valence-electron chi connectivity index (χ1n) is 7.71. The fourth-order valence-corrected chi connectivity index (χ4v) is 3.10. The van der Waals surface area contributed by atoms with Gasteiger partial charge in [-0.1, -0.05) is 62.4 Å². The van der Waals surface area contributed by atoms with Crippen LogP contribution in [0, 0.1) is 5.92 Å². The van der Waals surface area contributed by atoms with Crippen molar-refractivity contribution in [2.75, 3.05) is 7.05 Å². The number of hydrogen-bond acceptors (Lipinski definition) is 2. The van der Waals surface area contributed by atoms with Crippen molar-refractivity contribution in [1.29, 1.82) is 0 Å². The number of likely N-dealkylation sites (N-methyl/N-ethyl adjacent to an activating group) is 1. The zero-order valence-electron chi connectivity index (χ0n) is 12.4. The Balaban J connectivity index is 1.82.